The van der Waals surface area contributed by atoms with Crippen molar-refractivity contribution in [1.82, 2.24) is 5.32 Å². The molecule has 0 unspecified atom stereocenters. The summed E-state index contributed by atoms with van der Waals surface area (Å²) >= 11 is 3.56. The molecule has 0 radical (unpaired) electrons. The van der Waals surface area contributed by atoms with E-state index in [1.807, 2.05) is 0 Å². The smallest absolute Gasteiger partial charge is 0.231 e. The van der Waals surface area contributed by atoms with Gasteiger partial charge >= 0.3 is 0 Å². The lowest BCUT2D eigenvalue weighted by atomic mass is 9.74. The van der Waals surface area contributed by atoms with Crippen LogP contribution in [0, 0.1) is 0 Å². The van der Waals surface area contributed by atoms with Crippen molar-refractivity contribution in [3.8, 4) is 11.5 Å². The Hall–Kier alpha value is -1.56. The van der Waals surface area contributed by atoms with Gasteiger partial charge in [-0.1, -0.05) is 30.3 Å². The van der Waals surface area contributed by atoms with Crippen molar-refractivity contribution < 1.29 is 14.2 Å². The molecule has 0 saturated carbocycles. The second-order valence-electron chi connectivity index (χ2n) is 6.67. The van der Waals surface area contributed by atoms with E-state index in [-0.39, 0.29) is 5.41 Å². The summed E-state index contributed by atoms with van der Waals surface area (Å²) in [7, 11) is 0. The number of halogens is 1. The molecule has 132 valence electrons. The van der Waals surface area contributed by atoms with Crippen molar-refractivity contribution in [3.63, 3.8) is 0 Å². The Morgan fingerprint density at radius 1 is 1.04 bits per heavy atom. The molecule has 2 aromatic rings. The van der Waals surface area contributed by atoms with Crippen LogP contribution in [0.4, 0.5) is 0 Å². The summed E-state index contributed by atoms with van der Waals surface area (Å²) in [6.45, 7) is 3.68. The van der Waals surface area contributed by atoms with Crippen LogP contribution < -0.4 is 14.8 Å². The molecule has 0 atom stereocenters. The van der Waals surface area contributed by atoms with Crippen LogP contribution in [0.2, 0.25) is 0 Å². The maximum absolute atomic E-state index is 5.61. The third kappa shape index (κ3) is 3.54. The first kappa shape index (κ1) is 16.9. The van der Waals surface area contributed by atoms with Crippen molar-refractivity contribution in [2.75, 3.05) is 26.6 Å². The fourth-order valence-corrected chi connectivity index (χ4v) is 4.29. The normalized spacial score (nSPS) is 18.3. The van der Waals surface area contributed by atoms with Gasteiger partial charge in [0, 0.05) is 31.7 Å². The first-order valence-corrected chi connectivity index (χ1v) is 9.48. The van der Waals surface area contributed by atoms with Gasteiger partial charge < -0.3 is 19.5 Å². The van der Waals surface area contributed by atoms with Gasteiger partial charge in [0.2, 0.25) is 6.79 Å². The van der Waals surface area contributed by atoms with E-state index >= 15 is 0 Å². The summed E-state index contributed by atoms with van der Waals surface area (Å²) < 4.78 is 17.5. The molecular formula is C20H22BrNO3. The topological polar surface area (TPSA) is 39.7 Å². The molecular weight excluding hydrogens is 382 g/mol. The lowest BCUT2D eigenvalue weighted by Gasteiger charge is -2.38. The van der Waals surface area contributed by atoms with E-state index in [0.29, 0.717) is 6.79 Å². The van der Waals surface area contributed by atoms with Crippen molar-refractivity contribution in [1.29, 1.82) is 0 Å². The Morgan fingerprint density at radius 2 is 1.84 bits per heavy atom. The molecule has 2 heterocycles. The second-order valence-corrected chi connectivity index (χ2v) is 7.53. The van der Waals surface area contributed by atoms with Gasteiger partial charge in [0.15, 0.2) is 11.5 Å². The number of ether oxygens (including phenoxy) is 3. The Morgan fingerprint density at radius 3 is 2.64 bits per heavy atom. The van der Waals surface area contributed by atoms with E-state index in [1.54, 1.807) is 0 Å². The SMILES string of the molecule is Brc1cc(CNCC2(c3ccccc3)CCOCC2)cc2c1OCO2. The number of benzene rings is 2. The van der Waals surface area contributed by atoms with E-state index in [1.165, 1.54) is 11.1 Å². The summed E-state index contributed by atoms with van der Waals surface area (Å²) in [5, 5.41) is 3.66. The van der Waals surface area contributed by atoms with E-state index in [2.05, 4.69) is 63.7 Å². The predicted molar refractivity (Wildman–Crippen MR) is 100 cm³/mol. The zero-order valence-corrected chi connectivity index (χ0v) is 15.7. The molecule has 2 aliphatic rings. The van der Waals surface area contributed by atoms with E-state index in [0.717, 1.165) is 55.1 Å². The van der Waals surface area contributed by atoms with E-state index < -0.39 is 0 Å². The molecule has 0 amide bonds. The molecule has 4 rings (SSSR count). The molecule has 1 saturated heterocycles. The van der Waals surface area contributed by atoms with E-state index in [9.17, 15) is 0 Å². The molecule has 0 spiro atoms. The van der Waals surface area contributed by atoms with Gasteiger partial charge in [0.25, 0.3) is 0 Å². The van der Waals surface area contributed by atoms with Crippen LogP contribution in [-0.4, -0.2) is 26.6 Å². The minimum absolute atomic E-state index is 0.146. The molecule has 0 bridgehead atoms. The Bertz CT molecular complexity index is 729. The minimum atomic E-state index is 0.146. The summed E-state index contributed by atoms with van der Waals surface area (Å²) in [5.41, 5.74) is 2.73. The predicted octanol–water partition coefficient (Wildman–Crippen LogP) is 4.02. The fourth-order valence-electron chi connectivity index (χ4n) is 3.69. The first-order valence-electron chi connectivity index (χ1n) is 8.69. The number of rotatable bonds is 5. The maximum Gasteiger partial charge on any atom is 0.231 e. The Labute approximate surface area is 156 Å². The van der Waals surface area contributed by atoms with Crippen molar-refractivity contribution in [2.24, 2.45) is 0 Å². The van der Waals surface area contributed by atoms with Crippen LogP contribution in [0.3, 0.4) is 0 Å². The first-order chi connectivity index (χ1) is 12.3. The number of fused-ring (bicyclic) bond motifs is 1. The second kappa shape index (κ2) is 7.36. The average Bonchev–Trinajstić information content (AvgIpc) is 3.13. The summed E-state index contributed by atoms with van der Waals surface area (Å²) in [5.74, 6) is 1.61. The van der Waals surface area contributed by atoms with Crippen LogP contribution >= 0.6 is 15.9 Å². The number of nitrogens with one attached hydrogen (secondary N) is 1. The van der Waals surface area contributed by atoms with Gasteiger partial charge in [-0.25, -0.2) is 0 Å². The highest BCUT2D eigenvalue weighted by Gasteiger charge is 2.34. The molecule has 0 aliphatic carbocycles. The van der Waals surface area contributed by atoms with Crippen LogP contribution in [0.25, 0.3) is 0 Å². The third-order valence-electron chi connectivity index (χ3n) is 5.12. The van der Waals surface area contributed by atoms with Crippen LogP contribution in [0.1, 0.15) is 24.0 Å². The zero-order chi connectivity index (χ0) is 17.1. The van der Waals surface area contributed by atoms with Gasteiger partial charge in [-0.15, -0.1) is 0 Å². The standard InChI is InChI=1S/C20H22BrNO3/c21-17-10-15(11-18-19(17)25-14-24-18)12-22-13-20(6-8-23-9-7-20)16-4-2-1-3-5-16/h1-5,10-11,22H,6-9,12-14H2. The highest BCUT2D eigenvalue weighted by molar-refractivity contribution is 9.10. The molecule has 0 aromatic heterocycles. The molecule has 2 aromatic carbocycles. The molecule has 4 nitrogen and oxygen atoms in total. The van der Waals surface area contributed by atoms with Gasteiger partial charge in [-0.05, 0) is 52.0 Å². The molecule has 25 heavy (non-hydrogen) atoms. The van der Waals surface area contributed by atoms with Crippen LogP contribution in [0.5, 0.6) is 11.5 Å². The lowest BCUT2D eigenvalue weighted by Crippen LogP contribution is -2.42. The van der Waals surface area contributed by atoms with Crippen LogP contribution in [0.15, 0.2) is 46.9 Å². The van der Waals surface area contributed by atoms with Crippen molar-refractivity contribution >= 4 is 15.9 Å². The largest absolute Gasteiger partial charge is 0.454 e. The highest BCUT2D eigenvalue weighted by atomic mass is 79.9. The number of hydrogen-bond donors (Lipinski definition) is 1. The Kier molecular flexibility index (Phi) is 4.97. The van der Waals surface area contributed by atoms with Gasteiger partial charge in [0.1, 0.15) is 0 Å². The van der Waals surface area contributed by atoms with Crippen molar-refractivity contribution in [2.45, 2.75) is 24.8 Å². The van der Waals surface area contributed by atoms with Crippen LogP contribution in [-0.2, 0) is 16.7 Å². The average molecular weight is 404 g/mol. The minimum Gasteiger partial charge on any atom is -0.454 e. The van der Waals surface area contributed by atoms with Gasteiger partial charge in [-0.3, -0.25) is 0 Å². The highest BCUT2D eigenvalue weighted by Crippen LogP contribution is 2.40. The molecule has 1 fully saturated rings. The monoisotopic (exact) mass is 403 g/mol. The van der Waals surface area contributed by atoms with Crippen molar-refractivity contribution in [3.05, 3.63) is 58.1 Å². The number of hydrogen-bond acceptors (Lipinski definition) is 4. The molecule has 5 heteroatoms. The Balaban J connectivity index is 1.46. The quantitative estimate of drug-likeness (QED) is 0.818. The maximum atomic E-state index is 5.61. The molecule has 1 N–H and O–H groups in total. The van der Waals surface area contributed by atoms with Gasteiger partial charge in [0.05, 0.1) is 4.47 Å². The fraction of sp³-hybridized carbons (Fsp3) is 0.400. The lowest BCUT2D eigenvalue weighted by molar-refractivity contribution is 0.0498. The summed E-state index contributed by atoms with van der Waals surface area (Å²) in [4.78, 5) is 0. The van der Waals surface area contributed by atoms with Gasteiger partial charge in [-0.2, -0.15) is 0 Å². The summed E-state index contributed by atoms with van der Waals surface area (Å²) in [6, 6.07) is 15.0. The zero-order valence-electron chi connectivity index (χ0n) is 14.1. The molecule has 2 aliphatic heterocycles. The third-order valence-corrected chi connectivity index (χ3v) is 5.70. The van der Waals surface area contributed by atoms with E-state index in [4.69, 9.17) is 14.2 Å². The summed E-state index contributed by atoms with van der Waals surface area (Å²) in [6.07, 6.45) is 2.10.